The zero-order valence-corrected chi connectivity index (χ0v) is 23.4. The number of nitrogens with one attached hydrogen (secondary N) is 2. The summed E-state index contributed by atoms with van der Waals surface area (Å²) in [5, 5.41) is 6.75. The SMILES string of the molecule is CC1=CCC(C(C)(C)NC(=O)NC(C)(C)C2CC=C(C)CCC=C(C)CC2)CCC(C)=CCC1. The van der Waals surface area contributed by atoms with Crippen molar-refractivity contribution in [2.75, 3.05) is 0 Å². The van der Waals surface area contributed by atoms with Gasteiger partial charge in [-0.2, -0.15) is 0 Å². The maximum atomic E-state index is 13.3. The maximum Gasteiger partial charge on any atom is 0.315 e. The van der Waals surface area contributed by atoms with E-state index in [4.69, 9.17) is 0 Å². The number of carbonyl (C=O) groups is 1. The Bertz CT molecular complexity index is 743. The van der Waals surface area contributed by atoms with E-state index in [-0.39, 0.29) is 17.1 Å². The van der Waals surface area contributed by atoms with E-state index >= 15 is 0 Å². The van der Waals surface area contributed by atoms with Gasteiger partial charge < -0.3 is 10.6 Å². The van der Waals surface area contributed by atoms with Crippen molar-refractivity contribution < 1.29 is 4.79 Å². The van der Waals surface area contributed by atoms with Gasteiger partial charge in [-0.3, -0.25) is 0 Å². The Morgan fingerprint density at radius 1 is 0.647 bits per heavy atom. The lowest BCUT2D eigenvalue weighted by Gasteiger charge is -2.39. The molecular weight excluding hydrogens is 416 g/mol. The molecule has 0 spiro atoms. The second-order valence-electron chi connectivity index (χ2n) is 12.2. The van der Waals surface area contributed by atoms with Crippen LogP contribution in [-0.2, 0) is 0 Å². The average Bonchev–Trinajstić information content (AvgIpc) is 2.71. The molecule has 0 radical (unpaired) electrons. The van der Waals surface area contributed by atoms with Crippen LogP contribution in [0.1, 0.15) is 120 Å². The highest BCUT2D eigenvalue weighted by molar-refractivity contribution is 5.75. The van der Waals surface area contributed by atoms with Gasteiger partial charge in [0.05, 0.1) is 0 Å². The third-order valence-electron chi connectivity index (χ3n) is 8.25. The topological polar surface area (TPSA) is 41.1 Å². The van der Waals surface area contributed by atoms with Crippen LogP contribution in [0.25, 0.3) is 0 Å². The van der Waals surface area contributed by atoms with Crippen LogP contribution in [0.2, 0.25) is 0 Å². The van der Waals surface area contributed by atoms with Crippen molar-refractivity contribution >= 4 is 6.03 Å². The molecule has 0 fully saturated rings. The Morgan fingerprint density at radius 2 is 1.00 bits per heavy atom. The lowest BCUT2D eigenvalue weighted by atomic mass is 9.79. The maximum absolute atomic E-state index is 13.3. The van der Waals surface area contributed by atoms with Gasteiger partial charge in [0.25, 0.3) is 0 Å². The zero-order valence-electron chi connectivity index (χ0n) is 23.4. The van der Waals surface area contributed by atoms with Gasteiger partial charge in [-0.15, -0.1) is 0 Å². The van der Waals surface area contributed by atoms with Gasteiger partial charge in [0, 0.05) is 11.1 Å². The Balaban J connectivity index is 2.08. The van der Waals surface area contributed by atoms with Crippen molar-refractivity contribution in [3.63, 3.8) is 0 Å². The quantitative estimate of drug-likeness (QED) is 0.398. The minimum Gasteiger partial charge on any atom is -0.333 e. The van der Waals surface area contributed by atoms with E-state index in [2.05, 4.69) is 90.3 Å². The van der Waals surface area contributed by atoms with E-state index in [9.17, 15) is 4.79 Å². The molecule has 0 aliphatic heterocycles. The number of allylic oxidation sites excluding steroid dienone is 8. The summed E-state index contributed by atoms with van der Waals surface area (Å²) in [6.45, 7) is 17.8. The van der Waals surface area contributed by atoms with E-state index in [1.165, 1.54) is 22.3 Å². The number of rotatable bonds is 4. The van der Waals surface area contributed by atoms with E-state index in [1.807, 2.05) is 0 Å². The molecule has 0 aromatic carbocycles. The Labute approximate surface area is 210 Å². The molecule has 192 valence electrons. The number of urea groups is 1. The fourth-order valence-electron chi connectivity index (χ4n) is 5.36. The molecule has 0 aromatic rings. The van der Waals surface area contributed by atoms with Crippen LogP contribution in [0.3, 0.4) is 0 Å². The summed E-state index contributed by atoms with van der Waals surface area (Å²) in [4.78, 5) is 13.3. The van der Waals surface area contributed by atoms with Crippen molar-refractivity contribution in [3.8, 4) is 0 Å². The molecule has 0 saturated carbocycles. The van der Waals surface area contributed by atoms with Crippen LogP contribution in [-0.4, -0.2) is 17.1 Å². The minimum atomic E-state index is -0.275. The smallest absolute Gasteiger partial charge is 0.315 e. The van der Waals surface area contributed by atoms with Gasteiger partial charge in [-0.1, -0.05) is 46.6 Å². The van der Waals surface area contributed by atoms with Gasteiger partial charge >= 0.3 is 6.03 Å². The van der Waals surface area contributed by atoms with Gasteiger partial charge in [-0.25, -0.2) is 4.79 Å². The van der Waals surface area contributed by atoms with Crippen molar-refractivity contribution in [1.82, 2.24) is 10.6 Å². The van der Waals surface area contributed by atoms with Crippen molar-refractivity contribution in [1.29, 1.82) is 0 Å². The first-order valence-corrected chi connectivity index (χ1v) is 13.6. The predicted molar refractivity (Wildman–Crippen MR) is 148 cm³/mol. The van der Waals surface area contributed by atoms with E-state index in [0.29, 0.717) is 11.8 Å². The van der Waals surface area contributed by atoms with Crippen molar-refractivity contribution in [2.45, 2.75) is 131 Å². The molecule has 2 aliphatic carbocycles. The molecule has 0 saturated heterocycles. The molecular formula is C31H52N2O. The molecule has 0 heterocycles. The first-order chi connectivity index (χ1) is 15.9. The molecule has 3 nitrogen and oxygen atoms in total. The van der Waals surface area contributed by atoms with Crippen LogP contribution in [0.4, 0.5) is 4.79 Å². The largest absolute Gasteiger partial charge is 0.333 e. The van der Waals surface area contributed by atoms with Crippen LogP contribution in [0.15, 0.2) is 46.6 Å². The van der Waals surface area contributed by atoms with Gasteiger partial charge in [0.1, 0.15) is 0 Å². The summed E-state index contributed by atoms with van der Waals surface area (Å²) in [5.41, 5.74) is 5.32. The Kier molecular flexibility index (Phi) is 10.7. The standard InChI is InChI=1S/C31H52N2O/c1-23-11-9-12-24(2)16-20-27(19-15-23)30(5,6)32-29(34)33-31(7,8)28-21-17-25(3)13-10-14-26(4)18-22-28/h11,13,16,18,27-28H,9-10,12,14-15,17,19-22H2,1-8H3,(H2,32,33,34). The third-order valence-corrected chi connectivity index (χ3v) is 8.25. The molecule has 2 amide bonds. The van der Waals surface area contributed by atoms with Gasteiger partial charge in [-0.05, 0) is 131 Å². The number of hydrogen-bond acceptors (Lipinski definition) is 1. The molecule has 0 aromatic heterocycles. The molecule has 2 atom stereocenters. The van der Waals surface area contributed by atoms with Crippen LogP contribution < -0.4 is 10.6 Å². The number of hydrogen-bond donors (Lipinski definition) is 2. The summed E-state index contributed by atoms with van der Waals surface area (Å²) in [5.74, 6) is 0.814. The monoisotopic (exact) mass is 468 g/mol. The van der Waals surface area contributed by atoms with E-state index in [0.717, 1.165) is 64.2 Å². The second kappa shape index (κ2) is 12.8. The zero-order chi connectivity index (χ0) is 25.4. The third kappa shape index (κ3) is 9.47. The first-order valence-electron chi connectivity index (χ1n) is 13.6. The van der Waals surface area contributed by atoms with E-state index < -0.39 is 0 Å². The fraction of sp³-hybridized carbons (Fsp3) is 0.710. The molecule has 3 heteroatoms. The molecule has 2 unspecified atom stereocenters. The second-order valence-corrected chi connectivity index (χ2v) is 12.2. The van der Waals surface area contributed by atoms with Crippen molar-refractivity contribution in [3.05, 3.63) is 46.6 Å². The molecule has 2 aliphatic rings. The highest BCUT2D eigenvalue weighted by Crippen LogP contribution is 2.31. The van der Waals surface area contributed by atoms with Crippen LogP contribution in [0.5, 0.6) is 0 Å². The lowest BCUT2D eigenvalue weighted by molar-refractivity contribution is 0.182. The lowest BCUT2D eigenvalue weighted by Crippen LogP contribution is -2.58. The van der Waals surface area contributed by atoms with Gasteiger partial charge in [0.2, 0.25) is 0 Å². The average molecular weight is 469 g/mol. The summed E-state index contributed by atoms with van der Waals surface area (Å²) < 4.78 is 0. The number of amides is 2. The Morgan fingerprint density at radius 3 is 1.38 bits per heavy atom. The predicted octanol–water partition coefficient (Wildman–Crippen LogP) is 8.79. The molecule has 2 N–H and O–H groups in total. The first kappa shape index (κ1) is 28.5. The summed E-state index contributed by atoms with van der Waals surface area (Å²) in [6, 6.07) is -0.0369. The normalized spacial score (nSPS) is 24.1. The summed E-state index contributed by atoms with van der Waals surface area (Å²) >= 11 is 0. The highest BCUT2D eigenvalue weighted by atomic mass is 16.2. The molecule has 0 bridgehead atoms. The Hall–Kier alpha value is -1.77. The minimum absolute atomic E-state index is 0.0369. The molecule has 2 rings (SSSR count). The van der Waals surface area contributed by atoms with Crippen LogP contribution in [0, 0.1) is 11.8 Å². The van der Waals surface area contributed by atoms with Crippen molar-refractivity contribution in [2.24, 2.45) is 11.8 Å². The number of carbonyl (C=O) groups excluding carboxylic acids is 1. The van der Waals surface area contributed by atoms with Crippen LogP contribution >= 0.6 is 0 Å². The summed E-state index contributed by atoms with van der Waals surface area (Å²) in [7, 11) is 0. The van der Waals surface area contributed by atoms with E-state index in [1.54, 1.807) is 0 Å². The fourth-order valence-corrected chi connectivity index (χ4v) is 5.36. The van der Waals surface area contributed by atoms with Gasteiger partial charge in [0.15, 0.2) is 0 Å². The highest BCUT2D eigenvalue weighted by Gasteiger charge is 2.34. The molecule has 34 heavy (non-hydrogen) atoms. The summed E-state index contributed by atoms with van der Waals surface area (Å²) in [6.07, 6.45) is 20.6.